The molecule has 0 radical (unpaired) electrons. The van der Waals surface area contributed by atoms with E-state index in [0.717, 1.165) is 19.6 Å². The number of nitrogens with zero attached hydrogens (tertiary/aromatic N) is 2. The van der Waals surface area contributed by atoms with Gasteiger partial charge in [-0.15, -0.1) is 11.3 Å². The fourth-order valence-electron chi connectivity index (χ4n) is 2.10. The molecule has 1 aliphatic rings. The first kappa shape index (κ1) is 11.0. The summed E-state index contributed by atoms with van der Waals surface area (Å²) in [5.74, 6) is 0. The van der Waals surface area contributed by atoms with Crippen LogP contribution in [0.25, 0.3) is 0 Å². The van der Waals surface area contributed by atoms with Crippen molar-refractivity contribution in [2.45, 2.75) is 32.9 Å². The molecule has 15 heavy (non-hydrogen) atoms. The molecule has 2 heterocycles. The second kappa shape index (κ2) is 4.60. The van der Waals surface area contributed by atoms with Crippen LogP contribution in [0.4, 0.5) is 0 Å². The summed E-state index contributed by atoms with van der Waals surface area (Å²) in [6, 6.07) is 1.15. The molecule has 84 valence electrons. The van der Waals surface area contributed by atoms with Gasteiger partial charge in [0, 0.05) is 24.5 Å². The molecule has 1 atom stereocenters. The largest absolute Gasteiger partial charge is 0.314 e. The van der Waals surface area contributed by atoms with Crippen molar-refractivity contribution in [3.8, 4) is 0 Å². The number of thiazole rings is 1. The molecule has 3 nitrogen and oxygen atoms in total. The molecule has 0 saturated carbocycles. The molecular weight excluding hydrogens is 206 g/mol. The minimum Gasteiger partial charge on any atom is -0.314 e. The zero-order valence-electron chi connectivity index (χ0n) is 9.66. The average Bonchev–Trinajstić information content (AvgIpc) is 2.57. The van der Waals surface area contributed by atoms with Gasteiger partial charge in [-0.05, 0) is 20.4 Å². The topological polar surface area (TPSA) is 28.2 Å². The number of hydrogen-bond acceptors (Lipinski definition) is 4. The number of aryl methyl sites for hydroxylation is 1. The molecule has 0 aromatic carbocycles. The summed E-state index contributed by atoms with van der Waals surface area (Å²) in [4.78, 5) is 7.11. The van der Waals surface area contributed by atoms with Crippen LogP contribution < -0.4 is 5.32 Å². The van der Waals surface area contributed by atoms with Crippen LogP contribution in [-0.4, -0.2) is 35.6 Å². The molecule has 1 saturated heterocycles. The van der Waals surface area contributed by atoms with Crippen LogP contribution in [0.5, 0.6) is 0 Å². The van der Waals surface area contributed by atoms with Gasteiger partial charge in [-0.2, -0.15) is 0 Å². The molecule has 1 fully saturated rings. The van der Waals surface area contributed by atoms with E-state index in [2.05, 4.69) is 41.4 Å². The number of nitrogens with one attached hydrogen (secondary N) is 1. The van der Waals surface area contributed by atoms with E-state index in [0.29, 0.717) is 12.1 Å². The second-order valence-corrected chi connectivity index (χ2v) is 5.17. The third-order valence-electron chi connectivity index (χ3n) is 3.16. The number of aromatic nitrogens is 1. The Morgan fingerprint density at radius 1 is 1.67 bits per heavy atom. The first-order valence-corrected chi connectivity index (χ1v) is 6.48. The van der Waals surface area contributed by atoms with Crippen molar-refractivity contribution < 1.29 is 0 Å². The summed E-state index contributed by atoms with van der Waals surface area (Å²) in [5, 5.41) is 6.68. The van der Waals surface area contributed by atoms with Crippen LogP contribution in [0.2, 0.25) is 0 Å². The molecule has 1 aliphatic heterocycles. The highest BCUT2D eigenvalue weighted by atomic mass is 32.1. The second-order valence-electron chi connectivity index (χ2n) is 4.11. The van der Waals surface area contributed by atoms with Gasteiger partial charge in [-0.3, -0.25) is 4.90 Å². The predicted octanol–water partition coefficient (Wildman–Crippen LogP) is 1.81. The molecule has 2 rings (SSSR count). The van der Waals surface area contributed by atoms with E-state index in [1.807, 2.05) is 0 Å². The summed E-state index contributed by atoms with van der Waals surface area (Å²) >= 11 is 1.74. The van der Waals surface area contributed by atoms with E-state index < -0.39 is 0 Å². The van der Waals surface area contributed by atoms with E-state index in [-0.39, 0.29) is 0 Å². The summed E-state index contributed by atoms with van der Waals surface area (Å²) in [5.41, 5.74) is 1.23. The Hall–Kier alpha value is -0.450. The Kier molecular flexibility index (Phi) is 3.38. The molecule has 0 amide bonds. The first-order chi connectivity index (χ1) is 7.22. The Bertz CT molecular complexity index is 319. The van der Waals surface area contributed by atoms with Crippen molar-refractivity contribution in [1.82, 2.24) is 15.2 Å². The Balaban J connectivity index is 2.07. The van der Waals surface area contributed by atoms with Gasteiger partial charge in [0.1, 0.15) is 0 Å². The Labute approximate surface area is 95.5 Å². The van der Waals surface area contributed by atoms with E-state index >= 15 is 0 Å². The molecule has 1 unspecified atom stereocenters. The number of rotatable bonds is 4. The molecular formula is C11H19N3S. The van der Waals surface area contributed by atoms with Crippen molar-refractivity contribution in [3.05, 3.63) is 16.1 Å². The van der Waals surface area contributed by atoms with Gasteiger partial charge in [0.05, 0.1) is 16.7 Å². The standard InChI is InChI=1S/C11H19N3S/c1-4-14(10-5-12-6-10)8(2)11-7-15-9(3)13-11/h7-8,10,12H,4-6H2,1-3H3. The summed E-state index contributed by atoms with van der Waals surface area (Å²) in [7, 11) is 0. The molecule has 1 aromatic heterocycles. The zero-order valence-corrected chi connectivity index (χ0v) is 10.5. The van der Waals surface area contributed by atoms with Gasteiger partial charge < -0.3 is 5.32 Å². The molecule has 0 spiro atoms. The minimum absolute atomic E-state index is 0.451. The van der Waals surface area contributed by atoms with Gasteiger partial charge >= 0.3 is 0 Å². The van der Waals surface area contributed by atoms with Crippen molar-refractivity contribution in [2.24, 2.45) is 0 Å². The van der Waals surface area contributed by atoms with Crippen molar-refractivity contribution in [3.63, 3.8) is 0 Å². The quantitative estimate of drug-likeness (QED) is 0.847. The van der Waals surface area contributed by atoms with Gasteiger partial charge in [-0.1, -0.05) is 6.92 Å². The molecule has 4 heteroatoms. The highest BCUT2D eigenvalue weighted by molar-refractivity contribution is 7.09. The first-order valence-electron chi connectivity index (χ1n) is 5.61. The highest BCUT2D eigenvalue weighted by Crippen LogP contribution is 2.24. The summed E-state index contributed by atoms with van der Waals surface area (Å²) in [6.45, 7) is 9.92. The number of hydrogen-bond donors (Lipinski definition) is 1. The van der Waals surface area contributed by atoms with Gasteiger partial charge in [0.15, 0.2) is 0 Å². The van der Waals surface area contributed by atoms with E-state index in [1.54, 1.807) is 11.3 Å². The van der Waals surface area contributed by atoms with Gasteiger partial charge in [-0.25, -0.2) is 4.98 Å². The number of likely N-dealkylation sites (N-methyl/N-ethyl adjacent to an activating group) is 1. The van der Waals surface area contributed by atoms with Crippen LogP contribution in [0, 0.1) is 6.92 Å². The SMILES string of the molecule is CCN(C1CNC1)C(C)c1csc(C)n1. The van der Waals surface area contributed by atoms with Crippen LogP contribution >= 0.6 is 11.3 Å². The Morgan fingerprint density at radius 2 is 2.40 bits per heavy atom. The summed E-state index contributed by atoms with van der Waals surface area (Å²) in [6.07, 6.45) is 0. The molecule has 1 N–H and O–H groups in total. The maximum absolute atomic E-state index is 4.58. The van der Waals surface area contributed by atoms with Crippen LogP contribution in [0.3, 0.4) is 0 Å². The normalized spacial score (nSPS) is 19.2. The smallest absolute Gasteiger partial charge is 0.0898 e. The third-order valence-corrected chi connectivity index (χ3v) is 3.95. The molecule has 0 aliphatic carbocycles. The molecule has 0 bridgehead atoms. The predicted molar refractivity (Wildman–Crippen MR) is 64.3 cm³/mol. The van der Waals surface area contributed by atoms with Gasteiger partial charge in [0.25, 0.3) is 0 Å². The minimum atomic E-state index is 0.451. The Morgan fingerprint density at radius 3 is 2.80 bits per heavy atom. The van der Waals surface area contributed by atoms with Crippen LogP contribution in [0.15, 0.2) is 5.38 Å². The lowest BCUT2D eigenvalue weighted by atomic mass is 10.1. The van der Waals surface area contributed by atoms with E-state index in [4.69, 9.17) is 0 Å². The fourth-order valence-corrected chi connectivity index (χ4v) is 2.80. The lowest BCUT2D eigenvalue weighted by molar-refractivity contribution is 0.108. The molecule has 1 aromatic rings. The highest BCUT2D eigenvalue weighted by Gasteiger charge is 2.28. The van der Waals surface area contributed by atoms with Gasteiger partial charge in [0.2, 0.25) is 0 Å². The lowest BCUT2D eigenvalue weighted by Crippen LogP contribution is -2.57. The maximum atomic E-state index is 4.58. The van der Waals surface area contributed by atoms with Crippen molar-refractivity contribution in [1.29, 1.82) is 0 Å². The van der Waals surface area contributed by atoms with Crippen LogP contribution in [-0.2, 0) is 0 Å². The lowest BCUT2D eigenvalue weighted by Gasteiger charge is -2.40. The van der Waals surface area contributed by atoms with E-state index in [1.165, 1.54) is 10.7 Å². The third kappa shape index (κ3) is 2.22. The zero-order chi connectivity index (χ0) is 10.8. The monoisotopic (exact) mass is 225 g/mol. The van der Waals surface area contributed by atoms with Crippen molar-refractivity contribution in [2.75, 3.05) is 19.6 Å². The van der Waals surface area contributed by atoms with Crippen molar-refractivity contribution >= 4 is 11.3 Å². The summed E-state index contributed by atoms with van der Waals surface area (Å²) < 4.78 is 0. The van der Waals surface area contributed by atoms with Crippen LogP contribution in [0.1, 0.15) is 30.6 Å². The fraction of sp³-hybridized carbons (Fsp3) is 0.727. The average molecular weight is 225 g/mol. The maximum Gasteiger partial charge on any atom is 0.0898 e. The van der Waals surface area contributed by atoms with E-state index in [9.17, 15) is 0 Å².